The van der Waals surface area contributed by atoms with E-state index in [1.54, 1.807) is 36.4 Å². The number of nitrogens with zero attached hydrogens (tertiary/aromatic N) is 1. The molecule has 10 heteroatoms. The average Bonchev–Trinajstić information content (AvgIpc) is 3.08. The Labute approximate surface area is 209 Å². The molecular formula is C25H24ClN3O5S. The van der Waals surface area contributed by atoms with Crippen molar-refractivity contribution in [1.29, 1.82) is 0 Å². The summed E-state index contributed by atoms with van der Waals surface area (Å²) in [6.45, 7) is 4.04. The second kappa shape index (κ2) is 9.59. The molecule has 0 aliphatic carbocycles. The first-order chi connectivity index (χ1) is 16.5. The molecule has 8 nitrogen and oxygen atoms in total. The zero-order valence-corrected chi connectivity index (χ0v) is 20.9. The lowest BCUT2D eigenvalue weighted by molar-refractivity contribution is 0.138. The smallest absolute Gasteiger partial charge is 0.339 e. The Bertz CT molecular complexity index is 1390. The van der Waals surface area contributed by atoms with E-state index in [1.165, 1.54) is 12.1 Å². The number of anilines is 1. The second-order valence-electron chi connectivity index (χ2n) is 8.71. The molecule has 4 rings (SSSR count). The van der Waals surface area contributed by atoms with Crippen LogP contribution in [0.3, 0.4) is 0 Å². The van der Waals surface area contributed by atoms with Gasteiger partial charge in [-0.05, 0) is 86.1 Å². The Kier molecular flexibility index (Phi) is 6.73. The lowest BCUT2D eigenvalue weighted by Crippen LogP contribution is -2.26. The number of benzene rings is 3. The largest absolute Gasteiger partial charge is 0.487 e. The molecule has 1 aliphatic heterocycles. The van der Waals surface area contributed by atoms with Crippen molar-refractivity contribution in [2.24, 2.45) is 5.10 Å². The van der Waals surface area contributed by atoms with Crippen LogP contribution < -0.4 is 19.7 Å². The van der Waals surface area contributed by atoms with Crippen molar-refractivity contribution in [3.05, 3.63) is 88.4 Å². The molecule has 0 saturated heterocycles. The number of carbonyl (C=O) groups is 1. The van der Waals surface area contributed by atoms with Gasteiger partial charge < -0.3 is 14.2 Å². The number of hydrazone groups is 1. The Morgan fingerprint density at radius 3 is 2.34 bits per heavy atom. The summed E-state index contributed by atoms with van der Waals surface area (Å²) in [5, 5.41) is 7.62. The third-order valence-corrected chi connectivity index (χ3v) is 5.83. The molecule has 0 radical (unpaired) electrons. The first-order valence-corrected chi connectivity index (χ1v) is 12.9. The summed E-state index contributed by atoms with van der Waals surface area (Å²) in [6, 6.07) is 18.3. The molecule has 2 N–H and O–H groups in total. The fourth-order valence-corrected chi connectivity index (χ4v) is 4.28. The van der Waals surface area contributed by atoms with Crippen molar-refractivity contribution in [3.63, 3.8) is 0 Å². The van der Waals surface area contributed by atoms with Crippen molar-refractivity contribution < 1.29 is 22.1 Å². The fraction of sp³-hybridized carbons (Fsp3) is 0.200. The van der Waals surface area contributed by atoms with Crippen LogP contribution in [0.1, 0.15) is 30.5 Å². The van der Waals surface area contributed by atoms with Crippen molar-refractivity contribution in [3.8, 4) is 11.5 Å². The van der Waals surface area contributed by atoms with E-state index < -0.39 is 16.1 Å². The van der Waals surface area contributed by atoms with Crippen molar-refractivity contribution >= 4 is 39.1 Å². The van der Waals surface area contributed by atoms with Crippen LogP contribution in [0.4, 0.5) is 10.5 Å². The third-order valence-electron chi connectivity index (χ3n) is 5.08. The standard InChI is InChI=1S/C25H24ClN3O5S/c1-25(2)15-18-14-17(6-13-22(18)33-25)23(16-4-11-21(12-5-16)34-35(3,31)32)28-29-24(30)27-20-9-7-19(26)8-10-20/h4-14H,15H2,1-3H3,(H2,27,29,30)/b28-23-. The first kappa shape index (κ1) is 24.6. The number of nitrogens with one attached hydrogen (secondary N) is 2. The molecule has 0 spiro atoms. The number of amides is 2. The maximum atomic E-state index is 12.5. The van der Waals surface area contributed by atoms with Gasteiger partial charge in [0.05, 0.1) is 12.0 Å². The lowest BCUT2D eigenvalue weighted by atomic mass is 9.96. The van der Waals surface area contributed by atoms with Crippen LogP contribution in [0.25, 0.3) is 0 Å². The number of fused-ring (bicyclic) bond motifs is 1. The quantitative estimate of drug-likeness (QED) is 0.275. The fourth-order valence-electron chi connectivity index (χ4n) is 3.69. The predicted molar refractivity (Wildman–Crippen MR) is 136 cm³/mol. The van der Waals surface area contributed by atoms with Crippen LogP contribution in [0.5, 0.6) is 11.5 Å². The summed E-state index contributed by atoms with van der Waals surface area (Å²) >= 11 is 5.89. The van der Waals surface area contributed by atoms with Crippen LogP contribution >= 0.6 is 11.6 Å². The van der Waals surface area contributed by atoms with E-state index in [-0.39, 0.29) is 11.4 Å². The molecule has 0 aromatic heterocycles. The van der Waals surface area contributed by atoms with Gasteiger partial charge in [0.25, 0.3) is 0 Å². The summed E-state index contributed by atoms with van der Waals surface area (Å²) in [6.07, 6.45) is 1.71. The molecule has 2 amide bonds. The highest BCUT2D eigenvalue weighted by atomic mass is 35.5. The average molecular weight is 514 g/mol. The molecule has 0 saturated carbocycles. The van der Waals surface area contributed by atoms with Gasteiger partial charge in [0.15, 0.2) is 0 Å². The zero-order chi connectivity index (χ0) is 25.2. The number of urea groups is 1. The minimum absolute atomic E-state index is 0.174. The topological polar surface area (TPSA) is 106 Å². The maximum Gasteiger partial charge on any atom is 0.339 e. The maximum absolute atomic E-state index is 12.5. The minimum atomic E-state index is -3.65. The van der Waals surface area contributed by atoms with Crippen LogP contribution in [-0.2, 0) is 16.5 Å². The van der Waals surface area contributed by atoms with Gasteiger partial charge in [-0.3, -0.25) is 0 Å². The molecule has 35 heavy (non-hydrogen) atoms. The molecular weight excluding hydrogens is 490 g/mol. The Morgan fingerprint density at radius 2 is 1.69 bits per heavy atom. The third kappa shape index (κ3) is 6.52. The number of hydrogen-bond donors (Lipinski definition) is 2. The highest BCUT2D eigenvalue weighted by molar-refractivity contribution is 7.86. The van der Waals surface area contributed by atoms with Gasteiger partial charge in [-0.25, -0.2) is 10.2 Å². The molecule has 3 aromatic rings. The van der Waals surface area contributed by atoms with Gasteiger partial charge in [-0.2, -0.15) is 13.5 Å². The monoisotopic (exact) mass is 513 g/mol. The molecule has 1 heterocycles. The highest BCUT2D eigenvalue weighted by Crippen LogP contribution is 2.35. The summed E-state index contributed by atoms with van der Waals surface area (Å²) in [7, 11) is -3.65. The van der Waals surface area contributed by atoms with E-state index in [9.17, 15) is 13.2 Å². The van der Waals surface area contributed by atoms with Gasteiger partial charge >= 0.3 is 16.1 Å². The second-order valence-corrected chi connectivity index (χ2v) is 10.7. The summed E-state index contributed by atoms with van der Waals surface area (Å²) in [4.78, 5) is 12.5. The molecule has 1 aliphatic rings. The van der Waals surface area contributed by atoms with Crippen molar-refractivity contribution in [1.82, 2.24) is 5.43 Å². The Hall–Kier alpha value is -3.56. The molecule has 3 aromatic carbocycles. The molecule has 0 unspecified atom stereocenters. The normalized spacial score (nSPS) is 14.6. The Balaban J connectivity index is 1.63. The van der Waals surface area contributed by atoms with Crippen LogP contribution in [-0.4, -0.2) is 32.0 Å². The van der Waals surface area contributed by atoms with Gasteiger partial charge in [0, 0.05) is 28.3 Å². The molecule has 0 atom stereocenters. The van der Waals surface area contributed by atoms with Crippen LogP contribution in [0, 0.1) is 0 Å². The lowest BCUT2D eigenvalue weighted by Gasteiger charge is -2.16. The predicted octanol–water partition coefficient (Wildman–Crippen LogP) is 4.97. The number of halogens is 1. The minimum Gasteiger partial charge on any atom is -0.487 e. The van der Waals surface area contributed by atoms with Gasteiger partial charge in [0.2, 0.25) is 0 Å². The molecule has 0 bridgehead atoms. The van der Waals surface area contributed by atoms with Gasteiger partial charge in [0.1, 0.15) is 17.1 Å². The number of carbonyl (C=O) groups excluding carboxylic acids is 1. The SMILES string of the molecule is CC1(C)Cc2cc(/C(=N\NC(=O)Nc3ccc(Cl)cc3)c3ccc(OS(C)(=O)=O)cc3)ccc2O1. The van der Waals surface area contributed by atoms with Crippen LogP contribution in [0.2, 0.25) is 5.02 Å². The summed E-state index contributed by atoms with van der Waals surface area (Å²) in [5.41, 5.74) is 5.70. The Morgan fingerprint density at radius 1 is 1.03 bits per heavy atom. The van der Waals surface area contributed by atoms with E-state index in [0.29, 0.717) is 22.0 Å². The van der Waals surface area contributed by atoms with E-state index >= 15 is 0 Å². The van der Waals surface area contributed by atoms with E-state index in [1.807, 2.05) is 32.0 Å². The highest BCUT2D eigenvalue weighted by Gasteiger charge is 2.30. The zero-order valence-electron chi connectivity index (χ0n) is 19.3. The van der Waals surface area contributed by atoms with Gasteiger partial charge in [-0.15, -0.1) is 0 Å². The van der Waals surface area contributed by atoms with E-state index in [0.717, 1.165) is 29.6 Å². The number of hydrogen-bond acceptors (Lipinski definition) is 6. The van der Waals surface area contributed by atoms with Crippen molar-refractivity contribution in [2.45, 2.75) is 25.9 Å². The number of ether oxygens (including phenoxy) is 1. The van der Waals surface area contributed by atoms with Crippen LogP contribution in [0.15, 0.2) is 71.8 Å². The van der Waals surface area contributed by atoms with E-state index in [2.05, 4.69) is 15.8 Å². The van der Waals surface area contributed by atoms with Crippen molar-refractivity contribution in [2.75, 3.05) is 11.6 Å². The number of rotatable bonds is 6. The summed E-state index contributed by atoms with van der Waals surface area (Å²) in [5.74, 6) is 0.983. The first-order valence-electron chi connectivity index (χ1n) is 10.7. The van der Waals surface area contributed by atoms with E-state index in [4.69, 9.17) is 20.5 Å². The molecule has 0 fully saturated rings. The molecule has 182 valence electrons. The van der Waals surface area contributed by atoms with Gasteiger partial charge in [-0.1, -0.05) is 11.6 Å². The summed E-state index contributed by atoms with van der Waals surface area (Å²) < 4.78 is 33.7.